The van der Waals surface area contributed by atoms with Gasteiger partial charge in [-0.1, -0.05) is 55.7 Å². The molecule has 1 amide bonds. The number of hydrogen-bond donors (Lipinski definition) is 2. The molecule has 2 aromatic carbocycles. The molecule has 27 heavy (non-hydrogen) atoms. The Balaban J connectivity index is 0.00000126. The maximum atomic E-state index is 11.4. The van der Waals surface area contributed by atoms with Gasteiger partial charge in [0.25, 0.3) is 0 Å². The second-order valence-corrected chi connectivity index (χ2v) is 7.10. The van der Waals surface area contributed by atoms with Gasteiger partial charge < -0.3 is 11.1 Å². The fraction of sp³-hybridized carbons (Fsp3) is 0.435. The molecule has 0 atom stereocenters. The number of carbonyl (C=O) groups is 1. The molecular formula is C23H31FN2O. The van der Waals surface area contributed by atoms with Gasteiger partial charge in [0.1, 0.15) is 0 Å². The van der Waals surface area contributed by atoms with Crippen LogP contribution in [0.1, 0.15) is 48.0 Å². The first-order chi connectivity index (χ1) is 13.2. The number of amides is 1. The summed E-state index contributed by atoms with van der Waals surface area (Å²) in [5.41, 5.74) is 9.42. The summed E-state index contributed by atoms with van der Waals surface area (Å²) in [6, 6.07) is 16.1. The quantitative estimate of drug-likeness (QED) is 0.691. The maximum Gasteiger partial charge on any atom is 0.248 e. The Morgan fingerprint density at radius 2 is 1.70 bits per heavy atom. The fourth-order valence-electron chi connectivity index (χ4n) is 3.69. The number of nitrogens with one attached hydrogen (secondary N) is 1. The SMILES string of the molecule is CF.NC(=O)c1cccc(-c2cccc(CCNCC3CCCCC3)c2)c1. The van der Waals surface area contributed by atoms with Crippen LogP contribution in [0.5, 0.6) is 0 Å². The highest BCUT2D eigenvalue weighted by atomic mass is 19.1. The Labute approximate surface area is 162 Å². The first-order valence-corrected chi connectivity index (χ1v) is 9.80. The number of halogens is 1. The Morgan fingerprint density at radius 3 is 2.41 bits per heavy atom. The van der Waals surface area contributed by atoms with Gasteiger partial charge in [-0.2, -0.15) is 0 Å². The molecule has 1 aliphatic carbocycles. The summed E-state index contributed by atoms with van der Waals surface area (Å²) >= 11 is 0. The summed E-state index contributed by atoms with van der Waals surface area (Å²) in [7, 11) is 0.500. The Bertz CT molecular complexity index is 711. The van der Waals surface area contributed by atoms with E-state index in [1.807, 2.05) is 18.2 Å². The van der Waals surface area contributed by atoms with Crippen molar-refractivity contribution in [3.05, 3.63) is 59.7 Å². The largest absolute Gasteiger partial charge is 0.366 e. The van der Waals surface area contributed by atoms with Crippen molar-refractivity contribution in [2.75, 3.05) is 20.3 Å². The highest BCUT2D eigenvalue weighted by molar-refractivity contribution is 5.94. The lowest BCUT2D eigenvalue weighted by molar-refractivity contribution is 0.100. The van der Waals surface area contributed by atoms with Gasteiger partial charge in [0.2, 0.25) is 5.91 Å². The number of rotatable bonds is 7. The van der Waals surface area contributed by atoms with E-state index in [4.69, 9.17) is 5.73 Å². The van der Waals surface area contributed by atoms with E-state index in [0.29, 0.717) is 12.7 Å². The molecule has 146 valence electrons. The van der Waals surface area contributed by atoms with Crippen LogP contribution in [0.2, 0.25) is 0 Å². The van der Waals surface area contributed by atoms with Crippen molar-refractivity contribution >= 4 is 5.91 Å². The first kappa shape index (κ1) is 21.1. The molecule has 0 unspecified atom stereocenters. The van der Waals surface area contributed by atoms with Crippen molar-refractivity contribution in [3.63, 3.8) is 0 Å². The van der Waals surface area contributed by atoms with Crippen LogP contribution < -0.4 is 11.1 Å². The third-order valence-corrected chi connectivity index (χ3v) is 5.16. The second-order valence-electron chi connectivity index (χ2n) is 7.10. The average molecular weight is 371 g/mol. The van der Waals surface area contributed by atoms with Gasteiger partial charge >= 0.3 is 0 Å². The lowest BCUT2D eigenvalue weighted by Crippen LogP contribution is -2.26. The lowest BCUT2D eigenvalue weighted by Gasteiger charge is -2.21. The lowest BCUT2D eigenvalue weighted by atomic mass is 9.89. The van der Waals surface area contributed by atoms with Gasteiger partial charge in [0, 0.05) is 5.56 Å². The molecule has 3 nitrogen and oxygen atoms in total. The van der Waals surface area contributed by atoms with Gasteiger partial charge in [-0.15, -0.1) is 0 Å². The van der Waals surface area contributed by atoms with Crippen molar-refractivity contribution in [2.24, 2.45) is 11.7 Å². The van der Waals surface area contributed by atoms with Crippen LogP contribution in [0.15, 0.2) is 48.5 Å². The van der Waals surface area contributed by atoms with Gasteiger partial charge in [-0.3, -0.25) is 9.18 Å². The normalized spacial score (nSPS) is 14.3. The molecule has 4 heteroatoms. The Hall–Kier alpha value is -2.20. The third-order valence-electron chi connectivity index (χ3n) is 5.16. The molecule has 1 saturated carbocycles. The molecule has 3 N–H and O–H groups in total. The van der Waals surface area contributed by atoms with Crippen LogP contribution in [-0.4, -0.2) is 26.2 Å². The Kier molecular flexibility index (Phi) is 8.99. The zero-order valence-corrected chi connectivity index (χ0v) is 16.2. The summed E-state index contributed by atoms with van der Waals surface area (Å²) in [5.74, 6) is 0.488. The molecule has 1 aliphatic rings. The topological polar surface area (TPSA) is 55.1 Å². The van der Waals surface area contributed by atoms with E-state index in [1.54, 1.807) is 6.07 Å². The Morgan fingerprint density at radius 1 is 1.04 bits per heavy atom. The molecular weight excluding hydrogens is 339 g/mol. The first-order valence-electron chi connectivity index (χ1n) is 9.80. The molecule has 0 bridgehead atoms. The van der Waals surface area contributed by atoms with E-state index >= 15 is 0 Å². The van der Waals surface area contributed by atoms with Crippen LogP contribution in [0, 0.1) is 5.92 Å². The molecule has 2 aromatic rings. The molecule has 1 fully saturated rings. The van der Waals surface area contributed by atoms with Gasteiger partial charge in [0.05, 0.1) is 7.18 Å². The zero-order valence-electron chi connectivity index (χ0n) is 16.2. The zero-order chi connectivity index (χ0) is 19.5. The minimum absolute atomic E-state index is 0.384. The molecule has 0 saturated heterocycles. The summed E-state index contributed by atoms with van der Waals surface area (Å²) in [4.78, 5) is 11.4. The van der Waals surface area contributed by atoms with E-state index in [9.17, 15) is 9.18 Å². The van der Waals surface area contributed by atoms with E-state index in [1.165, 1.54) is 37.7 Å². The van der Waals surface area contributed by atoms with Crippen LogP contribution in [0.25, 0.3) is 11.1 Å². The fourth-order valence-corrected chi connectivity index (χ4v) is 3.69. The highest BCUT2D eigenvalue weighted by Gasteiger charge is 2.12. The van der Waals surface area contributed by atoms with Crippen molar-refractivity contribution in [2.45, 2.75) is 38.5 Å². The van der Waals surface area contributed by atoms with Gasteiger partial charge in [-0.05, 0) is 67.1 Å². The molecule has 3 rings (SSSR count). The standard InChI is InChI=1S/C22H28N2O.CH3F/c23-22(25)21-11-5-10-20(15-21)19-9-4-8-17(14-19)12-13-24-16-18-6-2-1-3-7-18;1-2/h4-5,8-11,14-15,18,24H,1-3,6-7,12-13,16H2,(H2,23,25);1H3. The summed E-state index contributed by atoms with van der Waals surface area (Å²) in [5, 5.41) is 3.63. The predicted molar refractivity (Wildman–Crippen MR) is 111 cm³/mol. The summed E-state index contributed by atoms with van der Waals surface area (Å²) in [6.45, 7) is 2.17. The van der Waals surface area contributed by atoms with Crippen LogP contribution >= 0.6 is 0 Å². The predicted octanol–water partition coefficient (Wildman–Crippen LogP) is 4.75. The summed E-state index contributed by atoms with van der Waals surface area (Å²) in [6.07, 6.45) is 8.02. The second kappa shape index (κ2) is 11.5. The molecule has 0 aromatic heterocycles. The highest BCUT2D eigenvalue weighted by Crippen LogP contribution is 2.23. The maximum absolute atomic E-state index is 11.4. The molecule has 0 aliphatic heterocycles. The van der Waals surface area contributed by atoms with Crippen molar-refractivity contribution in [1.29, 1.82) is 0 Å². The average Bonchev–Trinajstić information content (AvgIpc) is 2.74. The molecule has 0 heterocycles. The van der Waals surface area contributed by atoms with E-state index in [2.05, 4.69) is 29.6 Å². The van der Waals surface area contributed by atoms with Crippen LogP contribution in [0.4, 0.5) is 4.39 Å². The number of nitrogens with two attached hydrogens (primary N) is 1. The van der Waals surface area contributed by atoms with E-state index in [-0.39, 0.29) is 5.91 Å². The monoisotopic (exact) mass is 370 g/mol. The van der Waals surface area contributed by atoms with E-state index < -0.39 is 0 Å². The van der Waals surface area contributed by atoms with E-state index in [0.717, 1.165) is 36.6 Å². The van der Waals surface area contributed by atoms with Crippen molar-refractivity contribution in [1.82, 2.24) is 5.32 Å². The number of primary amides is 1. The number of alkyl halides is 1. The van der Waals surface area contributed by atoms with Crippen LogP contribution in [0.3, 0.4) is 0 Å². The van der Waals surface area contributed by atoms with Crippen molar-refractivity contribution < 1.29 is 9.18 Å². The van der Waals surface area contributed by atoms with Gasteiger partial charge in [-0.25, -0.2) is 0 Å². The third kappa shape index (κ3) is 6.79. The number of carbonyl (C=O) groups excluding carboxylic acids is 1. The molecule has 0 radical (unpaired) electrons. The van der Waals surface area contributed by atoms with Crippen LogP contribution in [-0.2, 0) is 6.42 Å². The summed E-state index contributed by atoms with van der Waals surface area (Å²) < 4.78 is 9.50. The number of benzene rings is 2. The van der Waals surface area contributed by atoms with Crippen molar-refractivity contribution in [3.8, 4) is 11.1 Å². The molecule has 0 spiro atoms. The minimum Gasteiger partial charge on any atom is -0.366 e. The number of hydrogen-bond acceptors (Lipinski definition) is 2. The minimum atomic E-state index is -0.384. The smallest absolute Gasteiger partial charge is 0.248 e. The van der Waals surface area contributed by atoms with Gasteiger partial charge in [0.15, 0.2) is 0 Å².